The Labute approximate surface area is 105 Å². The smallest absolute Gasteiger partial charge is 0.276 e. The van der Waals surface area contributed by atoms with Crippen molar-refractivity contribution in [1.29, 1.82) is 0 Å². The summed E-state index contributed by atoms with van der Waals surface area (Å²) in [5.74, 6) is -0.306. The van der Waals surface area contributed by atoms with Crippen LogP contribution in [0.1, 0.15) is 16.1 Å². The second kappa shape index (κ2) is 4.68. The summed E-state index contributed by atoms with van der Waals surface area (Å²) >= 11 is 3.29. The van der Waals surface area contributed by atoms with Crippen LogP contribution in [0.25, 0.3) is 0 Å². The molecule has 0 unspecified atom stereocenters. The van der Waals surface area contributed by atoms with Gasteiger partial charge in [0.1, 0.15) is 0 Å². The highest BCUT2D eigenvalue weighted by Crippen LogP contribution is 2.11. The summed E-state index contributed by atoms with van der Waals surface area (Å²) < 4.78 is 2.06. The number of halogens is 1. The van der Waals surface area contributed by atoms with Crippen LogP contribution in [0.5, 0.6) is 0 Å². The SMILES string of the molecule is NCc1cc(=O)[nH]n1C(=O)c1ccc(Br)cc1. The molecule has 1 aromatic carbocycles. The Bertz CT molecular complexity index is 598. The van der Waals surface area contributed by atoms with Gasteiger partial charge in [-0.05, 0) is 24.3 Å². The van der Waals surface area contributed by atoms with Crippen LogP contribution in [0.3, 0.4) is 0 Å². The van der Waals surface area contributed by atoms with Gasteiger partial charge in [-0.25, -0.2) is 4.68 Å². The zero-order valence-corrected chi connectivity index (χ0v) is 10.4. The number of nitrogens with zero attached hydrogens (tertiary/aromatic N) is 1. The van der Waals surface area contributed by atoms with E-state index in [1.807, 2.05) is 0 Å². The second-order valence-corrected chi connectivity index (χ2v) is 4.38. The maximum atomic E-state index is 12.1. The average molecular weight is 296 g/mol. The zero-order chi connectivity index (χ0) is 12.4. The molecule has 0 fully saturated rings. The first-order chi connectivity index (χ1) is 8.11. The summed E-state index contributed by atoms with van der Waals surface area (Å²) in [5, 5.41) is 2.43. The molecule has 0 saturated heterocycles. The highest BCUT2D eigenvalue weighted by atomic mass is 79.9. The predicted octanol–water partition coefficient (Wildman–Crippen LogP) is 1.09. The largest absolute Gasteiger partial charge is 0.325 e. The fourth-order valence-electron chi connectivity index (χ4n) is 1.48. The monoisotopic (exact) mass is 295 g/mol. The number of carbonyl (C=O) groups is 1. The molecule has 1 heterocycles. The molecule has 0 radical (unpaired) electrons. The average Bonchev–Trinajstić information content (AvgIpc) is 2.70. The van der Waals surface area contributed by atoms with Gasteiger partial charge in [-0.2, -0.15) is 0 Å². The Morgan fingerprint density at radius 1 is 1.35 bits per heavy atom. The van der Waals surface area contributed by atoms with E-state index in [4.69, 9.17) is 5.73 Å². The van der Waals surface area contributed by atoms with E-state index in [-0.39, 0.29) is 18.0 Å². The third kappa shape index (κ3) is 2.37. The van der Waals surface area contributed by atoms with E-state index in [0.29, 0.717) is 11.3 Å². The molecule has 2 aromatic rings. The van der Waals surface area contributed by atoms with Gasteiger partial charge in [0.2, 0.25) is 0 Å². The molecule has 5 nitrogen and oxygen atoms in total. The zero-order valence-electron chi connectivity index (χ0n) is 8.81. The van der Waals surface area contributed by atoms with E-state index in [0.717, 1.165) is 4.47 Å². The summed E-state index contributed by atoms with van der Waals surface area (Å²) in [5.41, 5.74) is 6.07. The Morgan fingerprint density at radius 2 is 2.00 bits per heavy atom. The molecule has 3 N–H and O–H groups in total. The van der Waals surface area contributed by atoms with Crippen molar-refractivity contribution in [3.63, 3.8) is 0 Å². The Balaban J connectivity index is 2.43. The Kier molecular flexibility index (Phi) is 3.26. The number of benzene rings is 1. The lowest BCUT2D eigenvalue weighted by Crippen LogP contribution is -2.19. The van der Waals surface area contributed by atoms with Crippen LogP contribution in [0.15, 0.2) is 39.6 Å². The third-order valence-electron chi connectivity index (χ3n) is 2.31. The summed E-state index contributed by atoms with van der Waals surface area (Å²) in [7, 11) is 0. The molecule has 17 heavy (non-hydrogen) atoms. The number of H-pyrrole nitrogens is 1. The molecule has 88 valence electrons. The lowest BCUT2D eigenvalue weighted by atomic mass is 10.2. The van der Waals surface area contributed by atoms with Gasteiger partial charge in [0.05, 0.1) is 5.69 Å². The van der Waals surface area contributed by atoms with Crippen LogP contribution >= 0.6 is 15.9 Å². The lowest BCUT2D eigenvalue weighted by molar-refractivity contribution is 0.0941. The molecular formula is C11H10BrN3O2. The fourth-order valence-corrected chi connectivity index (χ4v) is 1.75. The Hall–Kier alpha value is -1.66. The first-order valence-corrected chi connectivity index (χ1v) is 5.72. The van der Waals surface area contributed by atoms with Crippen molar-refractivity contribution in [3.05, 3.63) is 56.4 Å². The molecule has 1 aromatic heterocycles. The molecule has 0 aliphatic heterocycles. The van der Waals surface area contributed by atoms with Crippen molar-refractivity contribution in [2.75, 3.05) is 0 Å². The molecular weight excluding hydrogens is 286 g/mol. The summed E-state index contributed by atoms with van der Waals surface area (Å²) in [6.07, 6.45) is 0. The highest BCUT2D eigenvalue weighted by molar-refractivity contribution is 9.10. The lowest BCUT2D eigenvalue weighted by Gasteiger charge is -2.05. The van der Waals surface area contributed by atoms with Crippen LogP contribution in [-0.4, -0.2) is 15.7 Å². The number of nitrogens with one attached hydrogen (secondary N) is 1. The minimum atomic E-state index is -0.337. The molecule has 0 atom stereocenters. The van der Waals surface area contributed by atoms with Crippen LogP contribution < -0.4 is 11.3 Å². The van der Waals surface area contributed by atoms with Crippen LogP contribution in [-0.2, 0) is 6.54 Å². The summed E-state index contributed by atoms with van der Waals surface area (Å²) in [6, 6.07) is 8.18. The molecule has 0 amide bonds. The highest BCUT2D eigenvalue weighted by Gasteiger charge is 2.12. The van der Waals surface area contributed by atoms with Gasteiger partial charge in [-0.3, -0.25) is 14.7 Å². The fraction of sp³-hybridized carbons (Fsp3) is 0.0909. The first-order valence-electron chi connectivity index (χ1n) is 4.93. The van der Waals surface area contributed by atoms with Gasteiger partial charge >= 0.3 is 0 Å². The number of rotatable bonds is 2. The van der Waals surface area contributed by atoms with E-state index >= 15 is 0 Å². The maximum Gasteiger partial charge on any atom is 0.276 e. The molecule has 0 aliphatic carbocycles. The topological polar surface area (TPSA) is 80.9 Å². The van der Waals surface area contributed by atoms with Gasteiger partial charge in [-0.15, -0.1) is 0 Å². The molecule has 0 aliphatic rings. The van der Waals surface area contributed by atoms with Crippen molar-refractivity contribution >= 4 is 21.8 Å². The van der Waals surface area contributed by atoms with Gasteiger partial charge < -0.3 is 5.73 Å². The number of aromatic amines is 1. The number of aromatic nitrogens is 2. The van der Waals surface area contributed by atoms with E-state index in [1.54, 1.807) is 24.3 Å². The number of hydrogen-bond acceptors (Lipinski definition) is 3. The van der Waals surface area contributed by atoms with E-state index in [1.165, 1.54) is 10.7 Å². The van der Waals surface area contributed by atoms with E-state index in [9.17, 15) is 9.59 Å². The molecule has 6 heteroatoms. The van der Waals surface area contributed by atoms with E-state index < -0.39 is 0 Å². The predicted molar refractivity (Wildman–Crippen MR) is 66.8 cm³/mol. The molecule has 0 spiro atoms. The normalized spacial score (nSPS) is 10.5. The van der Waals surface area contributed by atoms with Gasteiger partial charge in [-0.1, -0.05) is 15.9 Å². The van der Waals surface area contributed by atoms with E-state index in [2.05, 4.69) is 21.0 Å². The minimum absolute atomic E-state index is 0.126. The number of hydrogen-bond donors (Lipinski definition) is 2. The van der Waals surface area contributed by atoms with Crippen molar-refractivity contribution < 1.29 is 4.79 Å². The number of nitrogens with two attached hydrogens (primary N) is 1. The standard InChI is InChI=1S/C11H10BrN3O2/c12-8-3-1-7(2-4-8)11(17)15-9(6-13)5-10(16)14-15/h1-5H,6,13H2,(H,14,16). The number of carbonyl (C=O) groups excluding carboxylic acids is 1. The Morgan fingerprint density at radius 3 is 2.59 bits per heavy atom. The van der Waals surface area contributed by atoms with Crippen molar-refractivity contribution in [2.24, 2.45) is 5.73 Å². The summed E-state index contributed by atoms with van der Waals surface area (Å²) in [6.45, 7) is 0.126. The quantitative estimate of drug-likeness (QED) is 0.870. The summed E-state index contributed by atoms with van der Waals surface area (Å²) in [4.78, 5) is 23.2. The van der Waals surface area contributed by atoms with Gasteiger partial charge in [0, 0.05) is 22.6 Å². The van der Waals surface area contributed by atoms with Gasteiger partial charge in [0.25, 0.3) is 11.5 Å². The van der Waals surface area contributed by atoms with Crippen LogP contribution in [0, 0.1) is 0 Å². The van der Waals surface area contributed by atoms with Crippen LogP contribution in [0.2, 0.25) is 0 Å². The molecule has 0 saturated carbocycles. The first kappa shape index (κ1) is 11.8. The van der Waals surface area contributed by atoms with Crippen LogP contribution in [0.4, 0.5) is 0 Å². The third-order valence-corrected chi connectivity index (χ3v) is 2.84. The molecule has 2 rings (SSSR count). The minimum Gasteiger partial charge on any atom is -0.325 e. The molecule has 0 bridgehead atoms. The van der Waals surface area contributed by atoms with Crippen molar-refractivity contribution in [3.8, 4) is 0 Å². The maximum absolute atomic E-state index is 12.1. The second-order valence-electron chi connectivity index (χ2n) is 3.46. The van der Waals surface area contributed by atoms with Crippen molar-refractivity contribution in [1.82, 2.24) is 9.78 Å². The van der Waals surface area contributed by atoms with Gasteiger partial charge in [0.15, 0.2) is 0 Å². The van der Waals surface area contributed by atoms with Crippen molar-refractivity contribution in [2.45, 2.75) is 6.54 Å².